The van der Waals surface area contributed by atoms with E-state index >= 15 is 0 Å². The molecule has 0 saturated heterocycles. The zero-order valence-corrected chi connectivity index (χ0v) is 15.0. The highest BCUT2D eigenvalue weighted by Crippen LogP contribution is 2.07. The molecule has 0 fully saturated rings. The van der Waals surface area contributed by atoms with Crippen molar-refractivity contribution in [2.45, 2.75) is 59.0 Å². The van der Waals surface area contributed by atoms with Gasteiger partial charge in [0.1, 0.15) is 0 Å². The summed E-state index contributed by atoms with van der Waals surface area (Å²) < 4.78 is 0. The molecule has 0 heterocycles. The predicted molar refractivity (Wildman–Crippen MR) is 91.6 cm³/mol. The molecule has 8 nitrogen and oxygen atoms in total. The van der Waals surface area contributed by atoms with E-state index in [1.807, 2.05) is 27.7 Å². The van der Waals surface area contributed by atoms with Crippen LogP contribution < -0.4 is 16.0 Å². The number of hydrogen-bond acceptors (Lipinski definition) is 7. The first-order chi connectivity index (χ1) is 10.6. The summed E-state index contributed by atoms with van der Waals surface area (Å²) in [5, 5.41) is 33.7. The van der Waals surface area contributed by atoms with Crippen molar-refractivity contribution in [3.8, 4) is 0 Å². The Labute approximate surface area is 138 Å². The van der Waals surface area contributed by atoms with Crippen molar-refractivity contribution in [1.29, 1.82) is 0 Å². The second-order valence-electron chi connectivity index (χ2n) is 6.60. The molecule has 0 bridgehead atoms. The van der Waals surface area contributed by atoms with E-state index in [1.165, 1.54) is 6.92 Å². The zero-order valence-electron chi connectivity index (χ0n) is 15.0. The van der Waals surface area contributed by atoms with Gasteiger partial charge >= 0.3 is 0 Å². The van der Waals surface area contributed by atoms with E-state index in [-0.39, 0.29) is 18.0 Å². The van der Waals surface area contributed by atoms with Crippen LogP contribution in [0.25, 0.3) is 0 Å². The normalized spacial score (nSPS) is 14.0. The molecule has 0 aliphatic heterocycles. The van der Waals surface area contributed by atoms with Crippen LogP contribution in [0.1, 0.15) is 48.0 Å². The van der Waals surface area contributed by atoms with E-state index < -0.39 is 5.54 Å². The van der Waals surface area contributed by atoms with Crippen molar-refractivity contribution in [3.05, 3.63) is 0 Å². The maximum atomic E-state index is 11.0. The van der Waals surface area contributed by atoms with Crippen molar-refractivity contribution < 1.29 is 15.2 Å². The lowest BCUT2D eigenvalue weighted by Crippen LogP contribution is -2.52. The minimum absolute atomic E-state index is 0.172. The highest BCUT2D eigenvalue weighted by molar-refractivity contribution is 5.96. The number of nitrogens with one attached hydrogen (secondary N) is 3. The van der Waals surface area contributed by atoms with Crippen LogP contribution in [0.5, 0.6) is 0 Å². The van der Waals surface area contributed by atoms with Gasteiger partial charge in [-0.1, -0.05) is 10.3 Å². The van der Waals surface area contributed by atoms with Crippen LogP contribution in [0, 0.1) is 0 Å². The fourth-order valence-electron chi connectivity index (χ4n) is 1.83. The molecule has 0 spiro atoms. The standard InChI is InChI=1S/C15H31N5O3/c1-11(19-22)14(3,4)17-8-7-9-18-15(5,6)13(20-23)10-16-12(2)21/h17-18,22-23H,7-10H2,1-6H3,(H,16,21)/b19-11+,20-13+. The van der Waals surface area contributed by atoms with Gasteiger partial charge in [0.25, 0.3) is 0 Å². The number of rotatable bonds is 10. The second-order valence-corrected chi connectivity index (χ2v) is 6.60. The Morgan fingerprint density at radius 1 is 0.957 bits per heavy atom. The average Bonchev–Trinajstić information content (AvgIpc) is 2.45. The van der Waals surface area contributed by atoms with Crippen LogP contribution >= 0.6 is 0 Å². The Bertz CT molecular complexity index is 444. The van der Waals surface area contributed by atoms with E-state index in [0.29, 0.717) is 18.0 Å². The Morgan fingerprint density at radius 3 is 1.91 bits per heavy atom. The number of carbonyl (C=O) groups is 1. The van der Waals surface area contributed by atoms with Gasteiger partial charge in [-0.2, -0.15) is 0 Å². The third kappa shape index (κ3) is 7.94. The first-order valence-electron chi connectivity index (χ1n) is 7.72. The van der Waals surface area contributed by atoms with Crippen LogP contribution in [0.2, 0.25) is 0 Å². The van der Waals surface area contributed by atoms with Gasteiger partial charge in [0.05, 0.1) is 29.0 Å². The Balaban J connectivity index is 4.27. The fraction of sp³-hybridized carbons (Fsp3) is 0.800. The second kappa shape index (κ2) is 9.46. The van der Waals surface area contributed by atoms with Gasteiger partial charge in [0.2, 0.25) is 5.91 Å². The molecule has 0 unspecified atom stereocenters. The van der Waals surface area contributed by atoms with Gasteiger partial charge < -0.3 is 26.4 Å². The maximum absolute atomic E-state index is 11.0. The smallest absolute Gasteiger partial charge is 0.217 e. The maximum Gasteiger partial charge on any atom is 0.217 e. The third-order valence-corrected chi connectivity index (χ3v) is 3.89. The highest BCUT2D eigenvalue weighted by Gasteiger charge is 2.25. The molecule has 1 amide bonds. The van der Waals surface area contributed by atoms with E-state index in [0.717, 1.165) is 13.0 Å². The van der Waals surface area contributed by atoms with Gasteiger partial charge in [0, 0.05) is 6.92 Å². The number of amides is 1. The molecule has 0 aromatic rings. The number of hydrogen-bond donors (Lipinski definition) is 5. The third-order valence-electron chi connectivity index (χ3n) is 3.89. The Kier molecular flexibility index (Phi) is 8.78. The van der Waals surface area contributed by atoms with Crippen LogP contribution in [0.4, 0.5) is 0 Å². The average molecular weight is 329 g/mol. The molecule has 23 heavy (non-hydrogen) atoms. The molecular formula is C15H31N5O3. The molecule has 0 aliphatic rings. The molecule has 0 radical (unpaired) electrons. The van der Waals surface area contributed by atoms with E-state index in [9.17, 15) is 4.79 Å². The Morgan fingerprint density at radius 2 is 1.48 bits per heavy atom. The van der Waals surface area contributed by atoms with Gasteiger partial charge in [-0.25, -0.2) is 0 Å². The lowest BCUT2D eigenvalue weighted by Gasteiger charge is -2.28. The Hall–Kier alpha value is -1.67. The number of carbonyl (C=O) groups excluding carboxylic acids is 1. The molecule has 134 valence electrons. The molecule has 0 rings (SSSR count). The summed E-state index contributed by atoms with van der Waals surface area (Å²) in [6, 6.07) is 0. The summed E-state index contributed by atoms with van der Waals surface area (Å²) in [5.74, 6) is -0.172. The molecule has 8 heteroatoms. The highest BCUT2D eigenvalue weighted by atomic mass is 16.4. The summed E-state index contributed by atoms with van der Waals surface area (Å²) in [5.41, 5.74) is 0.183. The van der Waals surface area contributed by atoms with Gasteiger partial charge in [-0.15, -0.1) is 0 Å². The molecule has 5 N–H and O–H groups in total. The predicted octanol–water partition coefficient (Wildman–Crippen LogP) is 0.929. The van der Waals surface area contributed by atoms with Crippen molar-refractivity contribution in [2.24, 2.45) is 10.3 Å². The summed E-state index contributed by atoms with van der Waals surface area (Å²) >= 11 is 0. The minimum atomic E-state index is -0.533. The zero-order chi connectivity index (χ0) is 18.1. The SMILES string of the molecule is CC(=O)NC/C(=N\O)C(C)(C)NCCCNC(C)(C)/C(C)=N/O. The van der Waals surface area contributed by atoms with Crippen molar-refractivity contribution >= 4 is 17.3 Å². The molecular weight excluding hydrogens is 298 g/mol. The van der Waals surface area contributed by atoms with E-state index in [4.69, 9.17) is 10.4 Å². The van der Waals surface area contributed by atoms with Crippen LogP contribution in [0.3, 0.4) is 0 Å². The topological polar surface area (TPSA) is 118 Å². The van der Waals surface area contributed by atoms with Crippen molar-refractivity contribution in [3.63, 3.8) is 0 Å². The van der Waals surface area contributed by atoms with Crippen molar-refractivity contribution in [1.82, 2.24) is 16.0 Å². The van der Waals surface area contributed by atoms with Crippen LogP contribution in [-0.4, -0.2) is 58.5 Å². The fourth-order valence-corrected chi connectivity index (χ4v) is 1.83. The van der Waals surface area contributed by atoms with E-state index in [2.05, 4.69) is 26.3 Å². The summed E-state index contributed by atoms with van der Waals surface area (Å²) in [6.07, 6.45) is 0.838. The molecule has 0 aromatic carbocycles. The minimum Gasteiger partial charge on any atom is -0.411 e. The first kappa shape index (κ1) is 21.3. The van der Waals surface area contributed by atoms with Gasteiger partial charge in [-0.3, -0.25) is 4.79 Å². The van der Waals surface area contributed by atoms with E-state index in [1.54, 1.807) is 6.92 Å². The molecule has 0 aliphatic carbocycles. The lowest BCUT2D eigenvalue weighted by atomic mass is 9.97. The summed E-state index contributed by atoms with van der Waals surface area (Å²) in [6.45, 7) is 12.5. The largest absolute Gasteiger partial charge is 0.411 e. The summed E-state index contributed by atoms with van der Waals surface area (Å²) in [7, 11) is 0. The number of nitrogens with zero attached hydrogens (tertiary/aromatic N) is 2. The lowest BCUT2D eigenvalue weighted by molar-refractivity contribution is -0.118. The van der Waals surface area contributed by atoms with Crippen LogP contribution in [-0.2, 0) is 4.79 Å². The molecule has 0 saturated carbocycles. The monoisotopic (exact) mass is 329 g/mol. The number of oxime groups is 2. The van der Waals surface area contributed by atoms with Gasteiger partial charge in [-0.05, 0) is 54.1 Å². The summed E-state index contributed by atoms with van der Waals surface area (Å²) in [4.78, 5) is 11.0. The van der Waals surface area contributed by atoms with Gasteiger partial charge in [0.15, 0.2) is 0 Å². The first-order valence-corrected chi connectivity index (χ1v) is 7.72. The quantitative estimate of drug-likeness (QED) is 0.177. The van der Waals surface area contributed by atoms with Crippen molar-refractivity contribution in [2.75, 3.05) is 19.6 Å². The van der Waals surface area contributed by atoms with Crippen LogP contribution in [0.15, 0.2) is 10.3 Å². The molecule has 0 aromatic heterocycles. The molecule has 0 atom stereocenters.